The van der Waals surface area contributed by atoms with Crippen molar-refractivity contribution in [1.82, 2.24) is 9.78 Å². The molecule has 7 nitrogen and oxygen atoms in total. The Hall–Kier alpha value is -4.04. The van der Waals surface area contributed by atoms with Crippen molar-refractivity contribution in [3.8, 4) is 0 Å². The molecule has 0 spiro atoms. The standard InChI is InChI=1S/C30H28BrN5O2/c1-17-6-5-7-23(15-17)34-29(37)24-16-32-36-27(21-9-11-22(31)12-10-21)26(20(4)33-28(24)36)30(38)35-25-13-8-18(2)14-19(25)3/h5-16,26-27H,1-4H3,(H,34,37)(H,35,38). The van der Waals surface area contributed by atoms with Gasteiger partial charge in [-0.25, -0.2) is 9.67 Å². The molecule has 192 valence electrons. The molecule has 2 atom stereocenters. The summed E-state index contributed by atoms with van der Waals surface area (Å²) in [5.74, 6) is -0.688. The van der Waals surface area contributed by atoms with Crippen molar-refractivity contribution in [1.29, 1.82) is 0 Å². The lowest BCUT2D eigenvalue weighted by atomic mass is 9.87. The number of rotatable bonds is 5. The summed E-state index contributed by atoms with van der Waals surface area (Å²) in [7, 11) is 0. The van der Waals surface area contributed by atoms with E-state index in [2.05, 4.69) is 31.7 Å². The van der Waals surface area contributed by atoms with E-state index < -0.39 is 12.0 Å². The number of anilines is 2. The van der Waals surface area contributed by atoms with Crippen LogP contribution in [0.2, 0.25) is 0 Å². The van der Waals surface area contributed by atoms with E-state index in [4.69, 9.17) is 4.99 Å². The molecule has 2 unspecified atom stereocenters. The van der Waals surface area contributed by atoms with Crippen LogP contribution in [-0.4, -0.2) is 27.3 Å². The van der Waals surface area contributed by atoms with Gasteiger partial charge in [0.25, 0.3) is 5.91 Å². The smallest absolute Gasteiger partial charge is 0.261 e. The maximum Gasteiger partial charge on any atom is 0.261 e. The third-order valence-electron chi connectivity index (χ3n) is 6.74. The first-order chi connectivity index (χ1) is 18.2. The molecule has 0 fully saturated rings. The average Bonchev–Trinajstić information content (AvgIpc) is 3.29. The van der Waals surface area contributed by atoms with Gasteiger partial charge in [0, 0.05) is 21.6 Å². The molecule has 38 heavy (non-hydrogen) atoms. The number of hydrogen-bond acceptors (Lipinski definition) is 4. The van der Waals surface area contributed by atoms with Crippen LogP contribution in [0.15, 0.2) is 82.4 Å². The second kappa shape index (κ2) is 10.4. The molecule has 0 radical (unpaired) electrons. The van der Waals surface area contributed by atoms with Crippen molar-refractivity contribution in [2.45, 2.75) is 33.7 Å². The summed E-state index contributed by atoms with van der Waals surface area (Å²) in [6, 6.07) is 20.8. The number of hydrogen-bond donors (Lipinski definition) is 2. The lowest BCUT2D eigenvalue weighted by Crippen LogP contribution is -2.39. The maximum absolute atomic E-state index is 13.8. The van der Waals surface area contributed by atoms with Gasteiger partial charge in [0.2, 0.25) is 5.91 Å². The fraction of sp³-hybridized carbons (Fsp3) is 0.200. The Balaban J connectivity index is 1.54. The van der Waals surface area contributed by atoms with Gasteiger partial charge in [-0.1, -0.05) is 57.9 Å². The molecule has 2 heterocycles. The molecule has 2 N–H and O–H groups in total. The monoisotopic (exact) mass is 569 g/mol. The lowest BCUT2D eigenvalue weighted by Gasteiger charge is -2.31. The summed E-state index contributed by atoms with van der Waals surface area (Å²) in [6.07, 6.45) is 1.52. The Morgan fingerprint density at radius 2 is 1.63 bits per heavy atom. The van der Waals surface area contributed by atoms with Crippen LogP contribution in [0.4, 0.5) is 17.2 Å². The van der Waals surface area contributed by atoms with Gasteiger partial charge in [0.05, 0.1) is 12.2 Å². The Morgan fingerprint density at radius 3 is 2.34 bits per heavy atom. The number of aryl methyl sites for hydroxylation is 3. The Labute approximate surface area is 230 Å². The van der Waals surface area contributed by atoms with E-state index in [1.54, 1.807) is 4.68 Å². The summed E-state index contributed by atoms with van der Waals surface area (Å²) in [6.45, 7) is 7.79. The minimum absolute atomic E-state index is 0.182. The Bertz CT molecular complexity index is 1570. The molecule has 0 bridgehead atoms. The third kappa shape index (κ3) is 5.04. The molecule has 0 aliphatic carbocycles. The summed E-state index contributed by atoms with van der Waals surface area (Å²) in [5, 5.41) is 10.6. The van der Waals surface area contributed by atoms with Crippen LogP contribution in [-0.2, 0) is 4.79 Å². The molecule has 4 aromatic rings. The van der Waals surface area contributed by atoms with Gasteiger partial charge in [-0.2, -0.15) is 5.10 Å². The highest BCUT2D eigenvalue weighted by molar-refractivity contribution is 9.10. The van der Waals surface area contributed by atoms with Gasteiger partial charge in [-0.15, -0.1) is 0 Å². The average molecular weight is 570 g/mol. The summed E-state index contributed by atoms with van der Waals surface area (Å²) >= 11 is 3.50. The van der Waals surface area contributed by atoms with Gasteiger partial charge in [0.15, 0.2) is 5.82 Å². The molecule has 0 saturated carbocycles. The van der Waals surface area contributed by atoms with Crippen molar-refractivity contribution < 1.29 is 9.59 Å². The van der Waals surface area contributed by atoms with Gasteiger partial charge in [-0.05, 0) is 74.7 Å². The van der Waals surface area contributed by atoms with E-state index >= 15 is 0 Å². The van der Waals surface area contributed by atoms with Gasteiger partial charge in [-0.3, -0.25) is 9.59 Å². The van der Waals surface area contributed by atoms with Crippen LogP contribution >= 0.6 is 15.9 Å². The lowest BCUT2D eigenvalue weighted by molar-refractivity contribution is -0.118. The van der Waals surface area contributed by atoms with Crippen molar-refractivity contribution in [3.05, 3.63) is 105 Å². The van der Waals surface area contributed by atoms with E-state index in [1.807, 2.05) is 94.4 Å². The molecule has 1 aromatic heterocycles. The number of benzene rings is 3. The topological polar surface area (TPSA) is 88.4 Å². The van der Waals surface area contributed by atoms with Crippen molar-refractivity contribution >= 4 is 50.6 Å². The van der Waals surface area contributed by atoms with Crippen molar-refractivity contribution in [3.63, 3.8) is 0 Å². The SMILES string of the molecule is CC1=Nc2c(C(=O)Nc3cccc(C)c3)cnn2C(c2ccc(Br)cc2)C1C(=O)Nc1ccc(C)cc1C. The second-order valence-corrected chi connectivity index (χ2v) is 10.6. The van der Waals surface area contributed by atoms with Gasteiger partial charge >= 0.3 is 0 Å². The van der Waals surface area contributed by atoms with E-state index in [1.165, 1.54) is 6.20 Å². The molecule has 3 aromatic carbocycles. The number of nitrogens with zero attached hydrogens (tertiary/aromatic N) is 3. The van der Waals surface area contributed by atoms with E-state index in [-0.39, 0.29) is 11.8 Å². The van der Waals surface area contributed by atoms with E-state index in [9.17, 15) is 9.59 Å². The molecule has 1 aliphatic rings. The number of nitrogens with one attached hydrogen (secondary N) is 2. The first-order valence-electron chi connectivity index (χ1n) is 12.4. The third-order valence-corrected chi connectivity index (χ3v) is 7.26. The van der Waals surface area contributed by atoms with Crippen molar-refractivity contribution in [2.24, 2.45) is 10.9 Å². The number of carbonyl (C=O) groups excluding carboxylic acids is 2. The minimum Gasteiger partial charge on any atom is -0.325 e. The first kappa shape index (κ1) is 25.6. The van der Waals surface area contributed by atoms with Crippen molar-refractivity contribution in [2.75, 3.05) is 10.6 Å². The Kier molecular flexibility index (Phi) is 6.99. The molecule has 2 amide bonds. The molecule has 1 aliphatic heterocycles. The second-order valence-electron chi connectivity index (χ2n) is 9.68. The zero-order chi connectivity index (χ0) is 27.0. The predicted octanol–water partition coefficient (Wildman–Crippen LogP) is 6.77. The van der Waals surface area contributed by atoms with E-state index in [0.29, 0.717) is 22.8 Å². The number of amides is 2. The fourth-order valence-corrected chi connectivity index (χ4v) is 5.11. The van der Waals surface area contributed by atoms with Gasteiger partial charge in [0.1, 0.15) is 11.5 Å². The normalized spacial score (nSPS) is 16.4. The van der Waals surface area contributed by atoms with Crippen LogP contribution in [0.1, 0.15) is 45.6 Å². The number of fused-ring (bicyclic) bond motifs is 1. The predicted molar refractivity (Wildman–Crippen MR) is 154 cm³/mol. The molecule has 0 saturated heterocycles. The highest BCUT2D eigenvalue weighted by Crippen LogP contribution is 2.39. The summed E-state index contributed by atoms with van der Waals surface area (Å²) < 4.78 is 2.62. The fourth-order valence-electron chi connectivity index (χ4n) is 4.85. The Morgan fingerprint density at radius 1 is 0.895 bits per heavy atom. The highest BCUT2D eigenvalue weighted by Gasteiger charge is 2.40. The minimum atomic E-state index is -0.628. The molecule has 5 rings (SSSR count). The van der Waals surface area contributed by atoms with Gasteiger partial charge < -0.3 is 10.6 Å². The number of aromatic nitrogens is 2. The molecular formula is C30H28BrN5O2. The zero-order valence-corrected chi connectivity index (χ0v) is 23.2. The summed E-state index contributed by atoms with van der Waals surface area (Å²) in [5.41, 5.74) is 6.45. The van der Waals surface area contributed by atoms with Crippen LogP contribution in [0.3, 0.4) is 0 Å². The summed E-state index contributed by atoms with van der Waals surface area (Å²) in [4.78, 5) is 31.8. The van der Waals surface area contributed by atoms with Crippen LogP contribution in [0, 0.1) is 26.7 Å². The van der Waals surface area contributed by atoms with Crippen LogP contribution in [0.25, 0.3) is 0 Å². The quantitative estimate of drug-likeness (QED) is 0.278. The van der Waals surface area contributed by atoms with E-state index in [0.717, 1.165) is 32.4 Å². The number of aliphatic imine (C=N–C) groups is 1. The highest BCUT2D eigenvalue weighted by atomic mass is 79.9. The molecular weight excluding hydrogens is 542 g/mol. The number of halogens is 1. The van der Waals surface area contributed by atoms with Crippen LogP contribution < -0.4 is 10.6 Å². The molecule has 8 heteroatoms. The first-order valence-corrected chi connectivity index (χ1v) is 13.1. The van der Waals surface area contributed by atoms with Crippen LogP contribution in [0.5, 0.6) is 0 Å². The largest absolute Gasteiger partial charge is 0.325 e. The number of carbonyl (C=O) groups is 2. The maximum atomic E-state index is 13.8. The zero-order valence-electron chi connectivity index (χ0n) is 21.6.